The number of amides is 1. The van der Waals surface area contributed by atoms with E-state index in [9.17, 15) is 4.79 Å². The Bertz CT molecular complexity index is 895. The normalized spacial score (nSPS) is 14.8. The van der Waals surface area contributed by atoms with E-state index in [-0.39, 0.29) is 5.91 Å². The van der Waals surface area contributed by atoms with Gasteiger partial charge >= 0.3 is 0 Å². The second kappa shape index (κ2) is 6.20. The number of fused-ring (bicyclic) bond motifs is 1. The molecular formula is C17H17ClN4OS. The molecule has 0 spiro atoms. The zero-order chi connectivity index (χ0) is 16.7. The number of hydrogen-bond acceptors (Lipinski definition) is 4. The minimum absolute atomic E-state index is 0.00911. The van der Waals surface area contributed by atoms with E-state index >= 15 is 0 Å². The molecule has 3 heterocycles. The average Bonchev–Trinajstić information content (AvgIpc) is 3.08. The van der Waals surface area contributed by atoms with Crippen LogP contribution in [0.25, 0.3) is 15.9 Å². The summed E-state index contributed by atoms with van der Waals surface area (Å²) < 4.78 is 1.87. The van der Waals surface area contributed by atoms with Crippen molar-refractivity contribution in [2.24, 2.45) is 5.92 Å². The predicted octanol–water partition coefficient (Wildman–Crippen LogP) is 3.00. The standard InChI is InChI=1S/C17H17ClN4OS/c1-10-14-6-15(16(23)20-9-11-7-19-8-11)24-17(14)22(21-10)13-4-2-12(18)3-5-13/h2-6,11,19H,7-9H2,1H3,(H,20,23). The average molecular weight is 361 g/mol. The first-order valence-electron chi connectivity index (χ1n) is 7.86. The van der Waals surface area contributed by atoms with Crippen LogP contribution in [-0.2, 0) is 0 Å². The third-order valence-corrected chi connectivity index (χ3v) is 5.62. The molecule has 124 valence electrons. The first-order valence-corrected chi connectivity index (χ1v) is 9.05. The van der Waals surface area contributed by atoms with Gasteiger partial charge in [-0.1, -0.05) is 11.6 Å². The largest absolute Gasteiger partial charge is 0.351 e. The van der Waals surface area contributed by atoms with Crippen molar-refractivity contribution in [3.05, 3.63) is 45.9 Å². The van der Waals surface area contributed by atoms with Crippen LogP contribution in [0.4, 0.5) is 0 Å². The fourth-order valence-electron chi connectivity index (χ4n) is 2.73. The van der Waals surface area contributed by atoms with Crippen molar-refractivity contribution in [1.82, 2.24) is 20.4 Å². The first-order chi connectivity index (χ1) is 11.6. The molecule has 1 saturated heterocycles. The quantitative estimate of drug-likeness (QED) is 0.752. The number of hydrogen-bond donors (Lipinski definition) is 2. The molecule has 3 aromatic rings. The van der Waals surface area contributed by atoms with Crippen LogP contribution >= 0.6 is 22.9 Å². The number of carbonyl (C=O) groups excluding carboxylic acids is 1. The van der Waals surface area contributed by atoms with Crippen LogP contribution in [0.2, 0.25) is 5.02 Å². The number of aromatic nitrogens is 2. The summed E-state index contributed by atoms with van der Waals surface area (Å²) in [4.78, 5) is 14.1. The molecule has 0 bridgehead atoms. The fourth-order valence-corrected chi connectivity index (χ4v) is 3.96. The number of thiophene rings is 1. The molecule has 2 N–H and O–H groups in total. The monoisotopic (exact) mass is 360 g/mol. The molecule has 1 fully saturated rings. The highest BCUT2D eigenvalue weighted by Gasteiger charge is 2.20. The Morgan fingerprint density at radius 3 is 2.83 bits per heavy atom. The third-order valence-electron chi connectivity index (χ3n) is 4.26. The van der Waals surface area contributed by atoms with Crippen LogP contribution in [0, 0.1) is 12.8 Å². The summed E-state index contributed by atoms with van der Waals surface area (Å²) in [6.45, 7) is 4.65. The maximum atomic E-state index is 12.4. The van der Waals surface area contributed by atoms with Crippen LogP contribution < -0.4 is 10.6 Å². The molecule has 2 aromatic heterocycles. The lowest BCUT2D eigenvalue weighted by atomic mass is 10.0. The Hall–Kier alpha value is -1.89. The number of rotatable bonds is 4. The number of benzene rings is 1. The first kappa shape index (κ1) is 15.6. The van der Waals surface area contributed by atoms with E-state index in [4.69, 9.17) is 11.6 Å². The van der Waals surface area contributed by atoms with Crippen molar-refractivity contribution >= 4 is 39.1 Å². The van der Waals surface area contributed by atoms with E-state index in [2.05, 4.69) is 15.7 Å². The van der Waals surface area contributed by atoms with Crippen molar-refractivity contribution in [3.63, 3.8) is 0 Å². The molecule has 1 amide bonds. The van der Waals surface area contributed by atoms with Gasteiger partial charge in [-0.05, 0) is 37.3 Å². The van der Waals surface area contributed by atoms with Crippen LogP contribution in [-0.4, -0.2) is 35.3 Å². The SMILES string of the molecule is Cc1nn(-c2ccc(Cl)cc2)c2sc(C(=O)NCC3CNC3)cc12. The lowest BCUT2D eigenvalue weighted by Gasteiger charge is -2.26. The Kier molecular flexibility index (Phi) is 4.04. The minimum atomic E-state index is -0.00911. The molecule has 1 aliphatic heterocycles. The summed E-state index contributed by atoms with van der Waals surface area (Å²) in [6, 6.07) is 9.47. The van der Waals surface area contributed by atoms with Crippen LogP contribution in [0.1, 0.15) is 15.4 Å². The van der Waals surface area contributed by atoms with E-state index in [0.717, 1.165) is 46.1 Å². The Morgan fingerprint density at radius 2 is 2.17 bits per heavy atom. The summed E-state index contributed by atoms with van der Waals surface area (Å²) >= 11 is 7.43. The molecule has 0 atom stereocenters. The highest BCUT2D eigenvalue weighted by molar-refractivity contribution is 7.20. The van der Waals surface area contributed by atoms with Crippen LogP contribution in [0.3, 0.4) is 0 Å². The van der Waals surface area contributed by atoms with Gasteiger partial charge in [0.1, 0.15) is 4.83 Å². The van der Waals surface area contributed by atoms with Gasteiger partial charge in [-0.25, -0.2) is 4.68 Å². The Labute approximate surface area is 148 Å². The number of halogens is 1. The number of nitrogens with one attached hydrogen (secondary N) is 2. The molecule has 7 heteroatoms. The second-order valence-corrected chi connectivity index (χ2v) is 7.50. The lowest BCUT2D eigenvalue weighted by molar-refractivity contribution is 0.0946. The Morgan fingerprint density at radius 1 is 1.42 bits per heavy atom. The molecule has 4 rings (SSSR count). The van der Waals surface area contributed by atoms with Crippen molar-refractivity contribution in [1.29, 1.82) is 0 Å². The summed E-state index contributed by atoms with van der Waals surface area (Å²) in [6.07, 6.45) is 0. The van der Waals surface area contributed by atoms with Gasteiger partial charge in [-0.15, -0.1) is 11.3 Å². The molecule has 0 radical (unpaired) electrons. The Balaban J connectivity index is 1.63. The van der Waals surface area contributed by atoms with E-state index in [1.165, 1.54) is 11.3 Å². The van der Waals surface area contributed by atoms with E-state index < -0.39 is 0 Å². The topological polar surface area (TPSA) is 59.0 Å². The molecule has 5 nitrogen and oxygen atoms in total. The minimum Gasteiger partial charge on any atom is -0.351 e. The maximum absolute atomic E-state index is 12.4. The molecule has 0 aliphatic carbocycles. The van der Waals surface area contributed by atoms with Crippen LogP contribution in [0.5, 0.6) is 0 Å². The summed E-state index contributed by atoms with van der Waals surface area (Å²) in [5, 5.41) is 12.5. The van der Waals surface area contributed by atoms with Crippen molar-refractivity contribution in [2.75, 3.05) is 19.6 Å². The fraction of sp³-hybridized carbons (Fsp3) is 0.294. The highest BCUT2D eigenvalue weighted by Crippen LogP contribution is 2.30. The maximum Gasteiger partial charge on any atom is 0.261 e. The third kappa shape index (κ3) is 2.81. The zero-order valence-corrected chi connectivity index (χ0v) is 14.7. The van der Waals surface area contributed by atoms with Gasteiger partial charge in [-0.3, -0.25) is 4.79 Å². The van der Waals surface area contributed by atoms with Gasteiger partial charge in [0.25, 0.3) is 5.91 Å². The van der Waals surface area contributed by atoms with Gasteiger partial charge in [0.15, 0.2) is 0 Å². The van der Waals surface area contributed by atoms with Gasteiger partial charge in [0.05, 0.1) is 16.3 Å². The summed E-state index contributed by atoms with van der Waals surface area (Å²) in [7, 11) is 0. The molecule has 1 aliphatic rings. The molecule has 0 unspecified atom stereocenters. The van der Waals surface area contributed by atoms with E-state index in [0.29, 0.717) is 10.9 Å². The number of aryl methyl sites for hydroxylation is 1. The van der Waals surface area contributed by atoms with Crippen molar-refractivity contribution in [3.8, 4) is 5.69 Å². The summed E-state index contributed by atoms with van der Waals surface area (Å²) in [5.74, 6) is 0.541. The number of carbonyl (C=O) groups is 1. The van der Waals surface area contributed by atoms with Gasteiger partial charge in [-0.2, -0.15) is 5.10 Å². The van der Waals surface area contributed by atoms with Crippen LogP contribution in [0.15, 0.2) is 30.3 Å². The molecule has 0 saturated carbocycles. The van der Waals surface area contributed by atoms with Crippen molar-refractivity contribution in [2.45, 2.75) is 6.92 Å². The lowest BCUT2D eigenvalue weighted by Crippen LogP contribution is -2.48. The highest BCUT2D eigenvalue weighted by atomic mass is 35.5. The smallest absolute Gasteiger partial charge is 0.261 e. The second-order valence-electron chi connectivity index (χ2n) is 6.04. The molecular weight excluding hydrogens is 344 g/mol. The molecule has 24 heavy (non-hydrogen) atoms. The molecule has 1 aromatic carbocycles. The van der Waals surface area contributed by atoms with Gasteiger partial charge in [0.2, 0.25) is 0 Å². The zero-order valence-electron chi connectivity index (χ0n) is 13.2. The number of nitrogens with zero attached hydrogens (tertiary/aromatic N) is 2. The predicted molar refractivity (Wildman–Crippen MR) is 97.4 cm³/mol. The van der Waals surface area contributed by atoms with E-state index in [1.807, 2.05) is 41.9 Å². The van der Waals surface area contributed by atoms with Crippen molar-refractivity contribution < 1.29 is 4.79 Å². The van der Waals surface area contributed by atoms with Gasteiger partial charge < -0.3 is 10.6 Å². The van der Waals surface area contributed by atoms with E-state index in [1.54, 1.807) is 0 Å². The summed E-state index contributed by atoms with van der Waals surface area (Å²) in [5.41, 5.74) is 1.85. The van der Waals surface area contributed by atoms with Gasteiger partial charge in [0, 0.05) is 36.0 Å².